The number of hydrogen-bond acceptors (Lipinski definition) is 7. The molecule has 1 aromatic carbocycles. The Kier molecular flexibility index (Phi) is 9.79. The first-order valence-corrected chi connectivity index (χ1v) is 12.3. The van der Waals surface area contributed by atoms with E-state index in [9.17, 15) is 33.3 Å². The third kappa shape index (κ3) is 8.47. The van der Waals surface area contributed by atoms with Crippen LogP contribution in [0.4, 0.5) is 13.2 Å². The van der Waals surface area contributed by atoms with Gasteiger partial charge in [0.2, 0.25) is 0 Å². The van der Waals surface area contributed by atoms with Gasteiger partial charge in [-0.15, -0.1) is 0 Å². The fraction of sp³-hybridized carbons (Fsp3) is 0.654. The van der Waals surface area contributed by atoms with E-state index in [4.69, 9.17) is 14.2 Å². The number of rotatable bonds is 12. The maximum atomic E-state index is 12.8. The number of aliphatic hydroxyl groups is 3. The van der Waals surface area contributed by atoms with Crippen LogP contribution >= 0.6 is 0 Å². The molecule has 0 radical (unpaired) electrons. The van der Waals surface area contributed by atoms with Crippen LogP contribution in [0.15, 0.2) is 36.4 Å². The molecule has 202 valence electrons. The molecule has 7 atom stereocenters. The van der Waals surface area contributed by atoms with Crippen molar-refractivity contribution in [3.63, 3.8) is 0 Å². The molecule has 1 saturated carbocycles. The average molecular weight is 517 g/mol. The lowest BCUT2D eigenvalue weighted by Crippen LogP contribution is -2.23. The van der Waals surface area contributed by atoms with Crippen LogP contribution in [0.1, 0.15) is 51.5 Å². The normalized spacial score (nSPS) is 29.0. The smallest absolute Gasteiger partial charge is 0.416 e. The molecule has 2 unspecified atom stereocenters. The summed E-state index contributed by atoms with van der Waals surface area (Å²) in [6.07, 6.45) is -1.87. The Labute approximate surface area is 208 Å². The van der Waals surface area contributed by atoms with Crippen LogP contribution < -0.4 is 4.74 Å². The highest BCUT2D eigenvalue weighted by Crippen LogP contribution is 2.42. The Morgan fingerprint density at radius 1 is 1.22 bits per heavy atom. The Morgan fingerprint density at radius 3 is 2.67 bits per heavy atom. The van der Waals surface area contributed by atoms with Crippen molar-refractivity contribution in [3.05, 3.63) is 42.0 Å². The molecule has 1 aromatic rings. The molecule has 1 heterocycles. The zero-order chi connectivity index (χ0) is 26.5. The van der Waals surface area contributed by atoms with Gasteiger partial charge in [0.25, 0.3) is 0 Å². The van der Waals surface area contributed by atoms with E-state index in [1.807, 2.05) is 0 Å². The molecule has 2 fully saturated rings. The molecule has 36 heavy (non-hydrogen) atoms. The number of alkyl halides is 3. The molecule has 1 saturated heterocycles. The highest BCUT2D eigenvalue weighted by molar-refractivity contribution is 5.69. The van der Waals surface area contributed by atoms with Gasteiger partial charge in [-0.25, -0.2) is 0 Å². The molecule has 0 aromatic heterocycles. The van der Waals surface area contributed by atoms with E-state index in [-0.39, 0.29) is 49.0 Å². The van der Waals surface area contributed by atoms with Crippen LogP contribution in [0.3, 0.4) is 0 Å². The van der Waals surface area contributed by atoms with Crippen molar-refractivity contribution in [2.45, 2.75) is 88.8 Å². The van der Waals surface area contributed by atoms with Crippen LogP contribution in [-0.2, 0) is 20.4 Å². The fourth-order valence-electron chi connectivity index (χ4n) is 4.64. The van der Waals surface area contributed by atoms with Gasteiger partial charge in [0.1, 0.15) is 18.5 Å². The van der Waals surface area contributed by atoms with Crippen LogP contribution in [0.2, 0.25) is 0 Å². The molecule has 2 aliphatic rings. The Bertz CT molecular complexity index is 889. The van der Waals surface area contributed by atoms with E-state index >= 15 is 0 Å². The largest absolute Gasteiger partial charge is 0.491 e. The van der Waals surface area contributed by atoms with E-state index in [1.165, 1.54) is 18.2 Å². The number of hydrogen-bond donors (Lipinski definition) is 3. The lowest BCUT2D eigenvalue weighted by molar-refractivity contribution is -0.147. The molecule has 0 bridgehead atoms. The Balaban J connectivity index is 1.45. The second-order valence-corrected chi connectivity index (χ2v) is 9.78. The van der Waals surface area contributed by atoms with Crippen molar-refractivity contribution in [1.29, 1.82) is 0 Å². The van der Waals surface area contributed by atoms with Crippen molar-refractivity contribution in [1.82, 2.24) is 0 Å². The minimum atomic E-state index is -4.49. The second kappa shape index (κ2) is 12.4. The summed E-state index contributed by atoms with van der Waals surface area (Å²) in [5.74, 6) is -0.930. The maximum absolute atomic E-state index is 12.8. The van der Waals surface area contributed by atoms with E-state index < -0.39 is 36.0 Å². The van der Waals surface area contributed by atoms with Gasteiger partial charge >= 0.3 is 12.1 Å². The summed E-state index contributed by atoms with van der Waals surface area (Å²) >= 11 is 0. The molecule has 3 rings (SSSR count). The molecule has 1 aliphatic heterocycles. The van der Waals surface area contributed by atoms with Crippen LogP contribution in [0.25, 0.3) is 0 Å². The zero-order valence-electron chi connectivity index (χ0n) is 20.4. The fourth-order valence-corrected chi connectivity index (χ4v) is 4.64. The molecule has 3 N–H and O–H groups in total. The second-order valence-electron chi connectivity index (χ2n) is 9.78. The van der Waals surface area contributed by atoms with Gasteiger partial charge < -0.3 is 29.5 Å². The quantitative estimate of drug-likeness (QED) is 0.221. The Hall–Kier alpha value is -2.14. The molecule has 0 spiro atoms. The van der Waals surface area contributed by atoms with Gasteiger partial charge in [-0.05, 0) is 57.2 Å². The summed E-state index contributed by atoms with van der Waals surface area (Å²) in [4.78, 5) is 11.6. The molecular formula is C26H35F3O7. The molecule has 1 aliphatic carbocycles. The number of aliphatic hydroxyl groups excluding tert-OH is 3. The number of carbonyl (C=O) groups is 1. The topological polar surface area (TPSA) is 109 Å². The minimum Gasteiger partial charge on any atom is -0.491 e. The van der Waals surface area contributed by atoms with E-state index in [2.05, 4.69) is 0 Å². The third-order valence-corrected chi connectivity index (χ3v) is 6.48. The number of benzene rings is 1. The number of halogens is 3. The third-order valence-electron chi connectivity index (χ3n) is 6.48. The highest BCUT2D eigenvalue weighted by Gasteiger charge is 2.47. The summed E-state index contributed by atoms with van der Waals surface area (Å²) < 4.78 is 54.6. The molecule has 0 amide bonds. The van der Waals surface area contributed by atoms with Crippen molar-refractivity contribution < 1.29 is 47.5 Å². The van der Waals surface area contributed by atoms with Gasteiger partial charge in [0.15, 0.2) is 0 Å². The standard InChI is InChI=1S/C26H35F3O7/c1-15(2)35-25(33)8-4-7-23-24(36-23)12-20-19(21(31)13-22(20)32)10-9-17(30)14-34-18-6-3-5-16(11-18)26(27,28)29/h3,5-6,9-11,15,17,19-24,30-32H,4,7-8,12-14H2,1-2H3/b10-9+/t17-,19-,20-,21-,22+,23?,24?/m0/s1. The SMILES string of the molecule is CC(C)OC(=O)CCCC1OC1C[C@H]1[C@H](/C=C/[C@H](O)COc2cccc(C(F)(F)F)c2)[C@@H](O)C[C@H]1O. The highest BCUT2D eigenvalue weighted by atomic mass is 19.4. The summed E-state index contributed by atoms with van der Waals surface area (Å²) in [5, 5.41) is 31.1. The van der Waals surface area contributed by atoms with Crippen LogP contribution in [-0.4, -0.2) is 64.5 Å². The minimum absolute atomic E-state index is 0.00197. The van der Waals surface area contributed by atoms with Gasteiger partial charge in [-0.3, -0.25) is 4.79 Å². The van der Waals surface area contributed by atoms with Crippen molar-refractivity contribution in [2.24, 2.45) is 11.8 Å². The average Bonchev–Trinajstić information content (AvgIpc) is 3.47. The first kappa shape index (κ1) is 28.4. The lowest BCUT2D eigenvalue weighted by atomic mass is 9.88. The van der Waals surface area contributed by atoms with Gasteiger partial charge in [0, 0.05) is 18.8 Å². The van der Waals surface area contributed by atoms with Crippen LogP contribution in [0.5, 0.6) is 5.75 Å². The number of ether oxygens (including phenoxy) is 3. The van der Waals surface area contributed by atoms with Crippen molar-refractivity contribution in [2.75, 3.05) is 6.61 Å². The van der Waals surface area contributed by atoms with Crippen molar-refractivity contribution >= 4 is 5.97 Å². The Morgan fingerprint density at radius 2 is 1.97 bits per heavy atom. The van der Waals surface area contributed by atoms with Gasteiger partial charge in [-0.1, -0.05) is 18.2 Å². The van der Waals surface area contributed by atoms with Crippen molar-refractivity contribution in [3.8, 4) is 5.75 Å². The zero-order valence-corrected chi connectivity index (χ0v) is 20.4. The maximum Gasteiger partial charge on any atom is 0.416 e. The van der Waals surface area contributed by atoms with E-state index in [0.717, 1.165) is 12.1 Å². The number of esters is 1. The van der Waals surface area contributed by atoms with E-state index in [0.29, 0.717) is 25.7 Å². The van der Waals surface area contributed by atoms with Crippen LogP contribution in [0, 0.1) is 11.8 Å². The monoisotopic (exact) mass is 516 g/mol. The van der Waals surface area contributed by atoms with E-state index in [1.54, 1.807) is 19.9 Å². The van der Waals surface area contributed by atoms with Gasteiger partial charge in [-0.2, -0.15) is 13.2 Å². The summed E-state index contributed by atoms with van der Waals surface area (Å²) in [7, 11) is 0. The molecule has 7 nitrogen and oxygen atoms in total. The predicted molar refractivity (Wildman–Crippen MR) is 124 cm³/mol. The molecular weight excluding hydrogens is 481 g/mol. The van der Waals surface area contributed by atoms with Gasteiger partial charge in [0.05, 0.1) is 36.1 Å². The number of epoxide rings is 1. The predicted octanol–water partition coefficient (Wildman–Crippen LogP) is 3.64. The lowest BCUT2D eigenvalue weighted by Gasteiger charge is -2.20. The first-order valence-electron chi connectivity index (χ1n) is 12.3. The number of carbonyl (C=O) groups excluding carboxylic acids is 1. The molecule has 10 heteroatoms. The summed E-state index contributed by atoms with van der Waals surface area (Å²) in [5.41, 5.74) is -0.841. The first-order chi connectivity index (χ1) is 16.9. The summed E-state index contributed by atoms with van der Waals surface area (Å²) in [6.45, 7) is 3.33. The summed E-state index contributed by atoms with van der Waals surface area (Å²) in [6, 6.07) is 4.40.